The van der Waals surface area contributed by atoms with Gasteiger partial charge in [-0.3, -0.25) is 4.90 Å². The van der Waals surface area contributed by atoms with Gasteiger partial charge in [-0.2, -0.15) is 0 Å². The highest BCUT2D eigenvalue weighted by Gasteiger charge is 2.44. The molecule has 3 heteroatoms. The van der Waals surface area contributed by atoms with Gasteiger partial charge in [0.25, 0.3) is 0 Å². The molecule has 20 heavy (non-hydrogen) atoms. The Kier molecular flexibility index (Phi) is 4.31. The van der Waals surface area contributed by atoms with Crippen LogP contribution in [0.3, 0.4) is 0 Å². The highest BCUT2D eigenvalue weighted by molar-refractivity contribution is 5.07. The largest absolute Gasteiger partial charge is 0.465 e. The first-order chi connectivity index (χ1) is 9.26. The lowest BCUT2D eigenvalue weighted by atomic mass is 9.63. The Bertz CT molecular complexity index is 452. The second-order valence-corrected chi connectivity index (χ2v) is 7.65. The van der Waals surface area contributed by atoms with Gasteiger partial charge in [-0.1, -0.05) is 20.8 Å². The Morgan fingerprint density at radius 2 is 2.05 bits per heavy atom. The fourth-order valence-electron chi connectivity index (χ4n) is 4.27. The molecule has 0 spiro atoms. The summed E-state index contributed by atoms with van der Waals surface area (Å²) in [5, 5.41) is 0. The zero-order valence-corrected chi connectivity index (χ0v) is 13.7. The van der Waals surface area contributed by atoms with E-state index in [9.17, 15) is 0 Å². The normalized spacial score (nSPS) is 29.9. The quantitative estimate of drug-likeness (QED) is 0.915. The summed E-state index contributed by atoms with van der Waals surface area (Å²) in [5.74, 6) is 2.74. The average Bonchev–Trinajstić information content (AvgIpc) is 2.71. The van der Waals surface area contributed by atoms with Gasteiger partial charge in [-0.15, -0.1) is 0 Å². The van der Waals surface area contributed by atoms with E-state index in [2.05, 4.69) is 38.8 Å². The molecule has 2 atom stereocenters. The minimum Gasteiger partial charge on any atom is -0.465 e. The lowest BCUT2D eigenvalue weighted by Gasteiger charge is -2.51. The second kappa shape index (κ2) is 5.53. The standard InChI is InChI=1S/C17H30N2O/c1-13-8-16(3,4)11-17(9-13,12-18)19(5)10-15-7-6-14(2)20-15/h6-7,13H,8-12,18H2,1-5H3. The number of hydrogen-bond donors (Lipinski definition) is 1. The van der Waals surface area contributed by atoms with Crippen molar-refractivity contribution < 1.29 is 4.42 Å². The maximum absolute atomic E-state index is 6.21. The van der Waals surface area contributed by atoms with E-state index in [4.69, 9.17) is 10.2 Å². The van der Waals surface area contributed by atoms with Crippen LogP contribution in [-0.2, 0) is 6.54 Å². The van der Waals surface area contributed by atoms with Gasteiger partial charge in [0, 0.05) is 12.1 Å². The van der Waals surface area contributed by atoms with Crippen LogP contribution in [-0.4, -0.2) is 24.0 Å². The average molecular weight is 278 g/mol. The van der Waals surface area contributed by atoms with Crippen molar-refractivity contribution in [3.05, 3.63) is 23.7 Å². The van der Waals surface area contributed by atoms with Crippen LogP contribution in [0.25, 0.3) is 0 Å². The third kappa shape index (κ3) is 3.26. The Morgan fingerprint density at radius 3 is 2.55 bits per heavy atom. The van der Waals surface area contributed by atoms with Crippen molar-refractivity contribution in [3.8, 4) is 0 Å². The summed E-state index contributed by atoms with van der Waals surface area (Å²) >= 11 is 0. The molecule has 0 radical (unpaired) electrons. The molecule has 0 aliphatic heterocycles. The number of aryl methyl sites for hydroxylation is 1. The molecule has 3 nitrogen and oxygen atoms in total. The summed E-state index contributed by atoms with van der Waals surface area (Å²) in [6, 6.07) is 4.11. The second-order valence-electron chi connectivity index (χ2n) is 7.65. The summed E-state index contributed by atoms with van der Waals surface area (Å²) in [5.41, 5.74) is 6.67. The minimum atomic E-state index is 0.0991. The Morgan fingerprint density at radius 1 is 1.35 bits per heavy atom. The van der Waals surface area contributed by atoms with Crippen molar-refractivity contribution in [3.63, 3.8) is 0 Å². The maximum Gasteiger partial charge on any atom is 0.118 e. The van der Waals surface area contributed by atoms with Crippen LogP contribution >= 0.6 is 0 Å². The number of hydrogen-bond acceptors (Lipinski definition) is 3. The van der Waals surface area contributed by atoms with Crippen LogP contribution < -0.4 is 5.73 Å². The number of nitrogens with zero attached hydrogens (tertiary/aromatic N) is 1. The van der Waals surface area contributed by atoms with E-state index in [1.807, 2.05) is 13.0 Å². The molecule has 1 heterocycles. The van der Waals surface area contributed by atoms with Crippen LogP contribution in [0.5, 0.6) is 0 Å². The van der Waals surface area contributed by atoms with E-state index in [0.717, 1.165) is 36.9 Å². The van der Waals surface area contributed by atoms with Crippen molar-refractivity contribution >= 4 is 0 Å². The molecule has 1 aliphatic carbocycles. The Balaban J connectivity index is 2.16. The summed E-state index contributed by atoms with van der Waals surface area (Å²) in [6.07, 6.45) is 3.64. The molecule has 1 saturated carbocycles. The SMILES string of the molecule is Cc1ccc(CN(C)C2(CN)CC(C)CC(C)(C)C2)o1. The molecule has 1 aromatic rings. The molecule has 2 N–H and O–H groups in total. The fourth-order valence-corrected chi connectivity index (χ4v) is 4.27. The summed E-state index contributed by atoms with van der Waals surface area (Å²) in [7, 11) is 2.19. The van der Waals surface area contributed by atoms with E-state index >= 15 is 0 Å². The first-order valence-corrected chi connectivity index (χ1v) is 7.73. The van der Waals surface area contributed by atoms with E-state index in [-0.39, 0.29) is 5.54 Å². The lowest BCUT2D eigenvalue weighted by Crippen LogP contribution is -2.57. The highest BCUT2D eigenvalue weighted by atomic mass is 16.3. The minimum absolute atomic E-state index is 0.0991. The van der Waals surface area contributed by atoms with Crippen molar-refractivity contribution in [2.45, 2.75) is 59.0 Å². The Labute approximate surface area is 123 Å². The van der Waals surface area contributed by atoms with Crippen molar-refractivity contribution in [2.75, 3.05) is 13.6 Å². The molecular formula is C17H30N2O. The van der Waals surface area contributed by atoms with E-state index in [1.54, 1.807) is 0 Å². The number of rotatable bonds is 4. The van der Waals surface area contributed by atoms with Gasteiger partial charge in [0.15, 0.2) is 0 Å². The van der Waals surface area contributed by atoms with Gasteiger partial charge >= 0.3 is 0 Å². The predicted molar refractivity (Wildman–Crippen MR) is 83.5 cm³/mol. The molecule has 1 aliphatic rings. The fraction of sp³-hybridized carbons (Fsp3) is 0.765. The molecule has 0 amide bonds. The third-order valence-corrected chi connectivity index (χ3v) is 4.82. The summed E-state index contributed by atoms with van der Waals surface area (Å²) in [4.78, 5) is 2.42. The van der Waals surface area contributed by atoms with Crippen molar-refractivity contribution in [2.24, 2.45) is 17.1 Å². The first-order valence-electron chi connectivity index (χ1n) is 7.73. The van der Waals surface area contributed by atoms with Gasteiger partial charge in [-0.05, 0) is 56.7 Å². The molecule has 0 bridgehead atoms. The highest BCUT2D eigenvalue weighted by Crippen LogP contribution is 2.46. The van der Waals surface area contributed by atoms with E-state index in [0.29, 0.717) is 5.41 Å². The molecule has 1 aromatic heterocycles. The zero-order chi connectivity index (χ0) is 15.0. The first kappa shape index (κ1) is 15.6. The van der Waals surface area contributed by atoms with Crippen LogP contribution in [0.2, 0.25) is 0 Å². The van der Waals surface area contributed by atoms with Crippen LogP contribution in [0.1, 0.15) is 51.6 Å². The van der Waals surface area contributed by atoms with Gasteiger partial charge in [0.1, 0.15) is 11.5 Å². The third-order valence-electron chi connectivity index (χ3n) is 4.82. The predicted octanol–water partition coefficient (Wildman–Crippen LogP) is 3.56. The molecular weight excluding hydrogens is 248 g/mol. The summed E-state index contributed by atoms with van der Waals surface area (Å²) < 4.78 is 5.73. The van der Waals surface area contributed by atoms with Crippen molar-refractivity contribution in [1.29, 1.82) is 0 Å². The van der Waals surface area contributed by atoms with Crippen molar-refractivity contribution in [1.82, 2.24) is 4.90 Å². The number of furan rings is 1. The monoisotopic (exact) mass is 278 g/mol. The van der Waals surface area contributed by atoms with Gasteiger partial charge in [0.05, 0.1) is 6.54 Å². The van der Waals surface area contributed by atoms with E-state index in [1.165, 1.54) is 12.8 Å². The molecule has 114 valence electrons. The number of nitrogens with two attached hydrogens (primary N) is 1. The molecule has 0 aromatic carbocycles. The lowest BCUT2D eigenvalue weighted by molar-refractivity contribution is -0.00423. The topological polar surface area (TPSA) is 42.4 Å². The zero-order valence-electron chi connectivity index (χ0n) is 13.7. The molecule has 1 fully saturated rings. The maximum atomic E-state index is 6.21. The summed E-state index contributed by atoms with van der Waals surface area (Å²) in [6.45, 7) is 10.7. The Hall–Kier alpha value is -0.800. The molecule has 2 rings (SSSR count). The van der Waals surface area contributed by atoms with E-state index < -0.39 is 0 Å². The van der Waals surface area contributed by atoms with Crippen LogP contribution in [0.15, 0.2) is 16.5 Å². The smallest absolute Gasteiger partial charge is 0.118 e. The number of likely N-dealkylation sites (N-methyl/N-ethyl adjacent to an activating group) is 1. The van der Waals surface area contributed by atoms with Gasteiger partial charge in [-0.25, -0.2) is 0 Å². The van der Waals surface area contributed by atoms with Gasteiger partial charge < -0.3 is 10.2 Å². The van der Waals surface area contributed by atoms with Gasteiger partial charge in [0.2, 0.25) is 0 Å². The van der Waals surface area contributed by atoms with Crippen LogP contribution in [0, 0.1) is 18.3 Å². The molecule has 0 saturated heterocycles. The molecule has 2 unspecified atom stereocenters. The van der Waals surface area contributed by atoms with Crippen LogP contribution in [0.4, 0.5) is 0 Å².